The van der Waals surface area contributed by atoms with Crippen LogP contribution in [-0.4, -0.2) is 29.6 Å². The van der Waals surface area contributed by atoms with E-state index in [2.05, 4.69) is 15.0 Å². The van der Waals surface area contributed by atoms with Crippen LogP contribution in [0.15, 0.2) is 18.3 Å². The van der Waals surface area contributed by atoms with Crippen molar-refractivity contribution in [2.45, 2.75) is 12.6 Å². The Morgan fingerprint density at radius 3 is 2.67 bits per heavy atom. The van der Waals surface area contributed by atoms with Gasteiger partial charge < -0.3 is 10.1 Å². The number of rotatable bonds is 5. The Kier molecular flexibility index (Phi) is 5.21. The fourth-order valence-electron chi connectivity index (χ4n) is 1.00. The molecule has 18 heavy (non-hydrogen) atoms. The van der Waals surface area contributed by atoms with Crippen LogP contribution < -0.4 is 10.1 Å². The number of ether oxygens (including phenoxy) is 1. The third kappa shape index (κ3) is 5.72. The van der Waals surface area contributed by atoms with E-state index >= 15 is 0 Å². The fraction of sp³-hybridized carbons (Fsp3) is 0.400. The molecule has 8 heteroatoms. The van der Waals surface area contributed by atoms with E-state index in [1.807, 2.05) is 0 Å². The van der Waals surface area contributed by atoms with E-state index in [4.69, 9.17) is 11.6 Å². The van der Waals surface area contributed by atoms with E-state index in [9.17, 15) is 18.0 Å². The molecule has 0 fully saturated rings. The number of anilines is 1. The average molecular weight is 283 g/mol. The highest BCUT2D eigenvalue weighted by Crippen LogP contribution is 2.18. The number of aromatic nitrogens is 1. The summed E-state index contributed by atoms with van der Waals surface area (Å²) in [5, 5.41) is 2.48. The number of alkyl halides is 4. The number of pyridine rings is 1. The first kappa shape index (κ1) is 14.6. The largest absolute Gasteiger partial charge is 0.468 e. The van der Waals surface area contributed by atoms with E-state index < -0.39 is 12.8 Å². The number of halogens is 4. The molecule has 1 aromatic heterocycles. The van der Waals surface area contributed by atoms with Crippen molar-refractivity contribution in [3.8, 4) is 5.88 Å². The van der Waals surface area contributed by atoms with Gasteiger partial charge in [-0.1, -0.05) is 0 Å². The van der Waals surface area contributed by atoms with E-state index in [1.54, 1.807) is 0 Å². The van der Waals surface area contributed by atoms with Gasteiger partial charge in [-0.25, -0.2) is 4.98 Å². The highest BCUT2D eigenvalue weighted by molar-refractivity contribution is 6.19. The van der Waals surface area contributed by atoms with Gasteiger partial charge in [0.2, 0.25) is 11.8 Å². The molecule has 1 amide bonds. The van der Waals surface area contributed by atoms with E-state index in [1.165, 1.54) is 18.3 Å². The summed E-state index contributed by atoms with van der Waals surface area (Å²) in [6.45, 7) is -1.40. The molecule has 0 radical (unpaired) electrons. The van der Waals surface area contributed by atoms with Crippen LogP contribution in [0.3, 0.4) is 0 Å². The van der Waals surface area contributed by atoms with Crippen LogP contribution in [-0.2, 0) is 4.79 Å². The van der Waals surface area contributed by atoms with Gasteiger partial charge >= 0.3 is 6.18 Å². The fourth-order valence-corrected chi connectivity index (χ4v) is 1.18. The molecule has 0 bridgehead atoms. The molecule has 100 valence electrons. The summed E-state index contributed by atoms with van der Waals surface area (Å²) in [5.74, 6) is -0.273. The Morgan fingerprint density at radius 2 is 2.17 bits per heavy atom. The van der Waals surface area contributed by atoms with Gasteiger partial charge in [0, 0.05) is 18.4 Å². The summed E-state index contributed by atoms with van der Waals surface area (Å²) in [5.41, 5.74) is 0.365. The molecule has 1 heterocycles. The summed E-state index contributed by atoms with van der Waals surface area (Å²) in [6.07, 6.45) is -3.05. The highest BCUT2D eigenvalue weighted by atomic mass is 35.5. The van der Waals surface area contributed by atoms with Gasteiger partial charge in [-0.05, 0) is 6.07 Å². The lowest BCUT2D eigenvalue weighted by atomic mass is 10.4. The van der Waals surface area contributed by atoms with Crippen LogP contribution in [0.25, 0.3) is 0 Å². The predicted octanol–water partition coefficient (Wildman–Crippen LogP) is 2.59. The van der Waals surface area contributed by atoms with E-state index in [0.717, 1.165) is 0 Å². The summed E-state index contributed by atoms with van der Waals surface area (Å²) < 4.78 is 40.0. The van der Waals surface area contributed by atoms with Crippen molar-refractivity contribution in [1.82, 2.24) is 4.98 Å². The van der Waals surface area contributed by atoms with Crippen LogP contribution in [0.4, 0.5) is 18.9 Å². The van der Waals surface area contributed by atoms with Gasteiger partial charge in [-0.2, -0.15) is 13.2 Å². The quantitative estimate of drug-likeness (QED) is 0.845. The molecule has 0 aliphatic carbocycles. The number of hydrogen-bond acceptors (Lipinski definition) is 3. The van der Waals surface area contributed by atoms with Crippen LogP contribution in [0.1, 0.15) is 6.42 Å². The normalized spacial score (nSPS) is 11.1. The number of hydrogen-bond donors (Lipinski definition) is 1. The summed E-state index contributed by atoms with van der Waals surface area (Å²) in [6, 6.07) is 2.63. The number of amides is 1. The second-order valence-corrected chi connectivity index (χ2v) is 3.65. The van der Waals surface area contributed by atoms with Crippen molar-refractivity contribution in [1.29, 1.82) is 0 Å². The van der Waals surface area contributed by atoms with Crippen LogP contribution in [0.2, 0.25) is 0 Å². The number of nitrogens with one attached hydrogen (secondary N) is 1. The van der Waals surface area contributed by atoms with Crippen molar-refractivity contribution < 1.29 is 22.7 Å². The second kappa shape index (κ2) is 6.44. The third-order valence-electron chi connectivity index (χ3n) is 1.73. The zero-order valence-electron chi connectivity index (χ0n) is 9.13. The molecule has 0 unspecified atom stereocenters. The molecule has 0 atom stereocenters. The molecule has 0 saturated carbocycles. The minimum atomic E-state index is -4.41. The Balaban J connectivity index is 2.50. The maximum atomic E-state index is 11.9. The molecule has 1 rings (SSSR count). The van der Waals surface area contributed by atoms with Gasteiger partial charge in [0.15, 0.2) is 6.61 Å². The predicted molar refractivity (Wildman–Crippen MR) is 59.8 cm³/mol. The van der Waals surface area contributed by atoms with Gasteiger partial charge in [0.05, 0.1) is 11.9 Å². The Hall–Kier alpha value is -1.50. The summed E-state index contributed by atoms with van der Waals surface area (Å²) in [7, 11) is 0. The molecule has 0 saturated heterocycles. The molecule has 0 spiro atoms. The molecule has 1 N–H and O–H groups in total. The number of carbonyl (C=O) groups is 1. The lowest BCUT2D eigenvalue weighted by molar-refractivity contribution is -0.154. The first-order valence-electron chi connectivity index (χ1n) is 4.92. The van der Waals surface area contributed by atoms with Crippen molar-refractivity contribution in [2.75, 3.05) is 17.8 Å². The number of carbonyl (C=O) groups excluding carboxylic acids is 1. The maximum Gasteiger partial charge on any atom is 0.422 e. The van der Waals surface area contributed by atoms with Crippen LogP contribution in [0, 0.1) is 0 Å². The molecular weight excluding hydrogens is 273 g/mol. The van der Waals surface area contributed by atoms with Crippen molar-refractivity contribution in [3.63, 3.8) is 0 Å². The minimum absolute atomic E-state index is 0.147. The summed E-state index contributed by atoms with van der Waals surface area (Å²) in [4.78, 5) is 14.8. The molecule has 0 aliphatic rings. The molecule has 0 aromatic carbocycles. The Labute approximate surface area is 106 Å². The Morgan fingerprint density at radius 1 is 1.44 bits per heavy atom. The minimum Gasteiger partial charge on any atom is -0.468 e. The SMILES string of the molecule is O=C(CCCl)Nc1ccc(OCC(F)(F)F)nc1. The van der Waals surface area contributed by atoms with Crippen molar-refractivity contribution >= 4 is 23.2 Å². The number of nitrogens with zero attached hydrogens (tertiary/aromatic N) is 1. The average Bonchev–Trinajstić information content (AvgIpc) is 2.27. The lowest BCUT2D eigenvalue weighted by Crippen LogP contribution is -2.19. The smallest absolute Gasteiger partial charge is 0.422 e. The van der Waals surface area contributed by atoms with Crippen molar-refractivity contribution in [3.05, 3.63) is 18.3 Å². The summed E-state index contributed by atoms with van der Waals surface area (Å²) >= 11 is 5.37. The first-order valence-corrected chi connectivity index (χ1v) is 5.45. The van der Waals surface area contributed by atoms with Gasteiger partial charge in [-0.3, -0.25) is 4.79 Å². The van der Waals surface area contributed by atoms with Gasteiger partial charge in [-0.15, -0.1) is 11.6 Å². The molecule has 4 nitrogen and oxygen atoms in total. The highest BCUT2D eigenvalue weighted by Gasteiger charge is 2.28. The van der Waals surface area contributed by atoms with E-state index in [-0.39, 0.29) is 24.1 Å². The van der Waals surface area contributed by atoms with Crippen LogP contribution in [0.5, 0.6) is 5.88 Å². The van der Waals surface area contributed by atoms with Gasteiger partial charge in [0.25, 0.3) is 0 Å². The van der Waals surface area contributed by atoms with Crippen LogP contribution >= 0.6 is 11.6 Å². The molecule has 1 aromatic rings. The topological polar surface area (TPSA) is 51.2 Å². The third-order valence-corrected chi connectivity index (χ3v) is 1.91. The second-order valence-electron chi connectivity index (χ2n) is 3.28. The van der Waals surface area contributed by atoms with Gasteiger partial charge in [0.1, 0.15) is 0 Å². The first-order chi connectivity index (χ1) is 8.40. The monoisotopic (exact) mass is 282 g/mol. The van der Waals surface area contributed by atoms with Crippen molar-refractivity contribution in [2.24, 2.45) is 0 Å². The molecule has 0 aliphatic heterocycles. The standard InChI is InChI=1S/C10H10ClF3N2O2/c11-4-3-8(17)16-7-1-2-9(15-5-7)18-6-10(12,13)14/h1-2,5H,3-4,6H2,(H,16,17). The lowest BCUT2D eigenvalue weighted by Gasteiger charge is -2.09. The zero-order valence-corrected chi connectivity index (χ0v) is 9.88. The van der Waals surface area contributed by atoms with E-state index in [0.29, 0.717) is 5.69 Å². The Bertz CT molecular complexity index is 395. The molecular formula is C10H10ClF3N2O2. The maximum absolute atomic E-state index is 11.9. The zero-order chi connectivity index (χ0) is 13.6.